The maximum Gasteiger partial charge on any atom is 0.334 e. The third kappa shape index (κ3) is 3.24. The van der Waals surface area contributed by atoms with Crippen LogP contribution in [0.5, 0.6) is 5.75 Å². The maximum atomic E-state index is 13.1. The zero-order valence-electron chi connectivity index (χ0n) is 15.8. The van der Waals surface area contributed by atoms with E-state index in [1.807, 2.05) is 30.3 Å². The van der Waals surface area contributed by atoms with Crippen LogP contribution in [0.1, 0.15) is 26.3 Å². The van der Waals surface area contributed by atoms with Gasteiger partial charge in [-0.1, -0.05) is 12.1 Å². The van der Waals surface area contributed by atoms with Crippen molar-refractivity contribution in [3.8, 4) is 11.8 Å². The standard InChI is InChI=1S/C19H21N5O3/c1-19(2,3)24-17(25)15-16(23(10-9-20)18(24)26)21-12-22(15)11-13-5-7-14(27-4)8-6-13/h5-8,12H,10-11H2,1-4H3. The Kier molecular flexibility index (Phi) is 4.62. The summed E-state index contributed by atoms with van der Waals surface area (Å²) in [6.07, 6.45) is 1.52. The van der Waals surface area contributed by atoms with Crippen LogP contribution < -0.4 is 16.0 Å². The number of nitriles is 1. The first kappa shape index (κ1) is 18.5. The molecule has 0 N–H and O–H groups in total. The van der Waals surface area contributed by atoms with E-state index in [0.717, 1.165) is 11.3 Å². The lowest BCUT2D eigenvalue weighted by atomic mass is 10.1. The molecule has 8 heteroatoms. The highest BCUT2D eigenvalue weighted by atomic mass is 16.5. The Labute approximate surface area is 155 Å². The molecule has 27 heavy (non-hydrogen) atoms. The van der Waals surface area contributed by atoms with Crippen LogP contribution in [0.2, 0.25) is 0 Å². The highest BCUT2D eigenvalue weighted by Gasteiger charge is 2.25. The van der Waals surface area contributed by atoms with Crippen molar-refractivity contribution < 1.29 is 4.74 Å². The van der Waals surface area contributed by atoms with Gasteiger partial charge in [0.1, 0.15) is 12.3 Å². The van der Waals surface area contributed by atoms with Gasteiger partial charge in [0.05, 0.1) is 19.5 Å². The molecule has 3 aromatic rings. The molecule has 0 aliphatic heterocycles. The summed E-state index contributed by atoms with van der Waals surface area (Å²) < 4.78 is 9.29. The molecular weight excluding hydrogens is 346 g/mol. The summed E-state index contributed by atoms with van der Waals surface area (Å²) in [5.74, 6) is 0.743. The van der Waals surface area contributed by atoms with E-state index >= 15 is 0 Å². The number of fused-ring (bicyclic) bond motifs is 1. The Morgan fingerprint density at radius 1 is 1.19 bits per heavy atom. The Hall–Kier alpha value is -3.34. The van der Waals surface area contributed by atoms with Crippen LogP contribution >= 0.6 is 0 Å². The number of aromatic nitrogens is 4. The summed E-state index contributed by atoms with van der Waals surface area (Å²) in [4.78, 5) is 30.1. The fourth-order valence-corrected chi connectivity index (χ4v) is 3.04. The van der Waals surface area contributed by atoms with E-state index in [2.05, 4.69) is 4.98 Å². The third-order valence-electron chi connectivity index (χ3n) is 4.31. The van der Waals surface area contributed by atoms with Crippen LogP contribution in [0.4, 0.5) is 0 Å². The van der Waals surface area contributed by atoms with Crippen molar-refractivity contribution >= 4 is 11.2 Å². The predicted octanol–water partition coefficient (Wildman–Crippen LogP) is 1.70. The summed E-state index contributed by atoms with van der Waals surface area (Å²) in [6.45, 7) is 5.57. The molecule has 8 nitrogen and oxygen atoms in total. The van der Waals surface area contributed by atoms with E-state index in [1.54, 1.807) is 32.4 Å². The monoisotopic (exact) mass is 367 g/mol. The molecule has 2 aromatic heterocycles. The minimum atomic E-state index is -0.727. The van der Waals surface area contributed by atoms with Crippen molar-refractivity contribution in [2.75, 3.05) is 7.11 Å². The smallest absolute Gasteiger partial charge is 0.334 e. The Bertz CT molecular complexity index is 1140. The third-order valence-corrected chi connectivity index (χ3v) is 4.31. The predicted molar refractivity (Wildman–Crippen MR) is 101 cm³/mol. The molecule has 0 radical (unpaired) electrons. The number of nitrogens with zero attached hydrogens (tertiary/aromatic N) is 5. The second-order valence-electron chi connectivity index (χ2n) is 7.23. The van der Waals surface area contributed by atoms with Gasteiger partial charge in [-0.15, -0.1) is 0 Å². The SMILES string of the molecule is COc1ccc(Cn2cnc3c2c(=O)n(C(C)(C)C)c(=O)n3CC#N)cc1. The normalized spacial score (nSPS) is 11.5. The van der Waals surface area contributed by atoms with Crippen LogP contribution in [-0.2, 0) is 18.6 Å². The van der Waals surface area contributed by atoms with Crippen molar-refractivity contribution in [1.29, 1.82) is 5.26 Å². The van der Waals surface area contributed by atoms with Crippen LogP contribution in [0.25, 0.3) is 11.2 Å². The highest BCUT2D eigenvalue weighted by Crippen LogP contribution is 2.16. The average Bonchev–Trinajstić information content (AvgIpc) is 3.02. The summed E-state index contributed by atoms with van der Waals surface area (Å²) in [7, 11) is 1.60. The first-order valence-corrected chi connectivity index (χ1v) is 8.49. The zero-order chi connectivity index (χ0) is 19.8. The molecule has 0 atom stereocenters. The van der Waals surface area contributed by atoms with Gasteiger partial charge in [-0.25, -0.2) is 9.78 Å². The Morgan fingerprint density at radius 3 is 2.41 bits per heavy atom. The fourth-order valence-electron chi connectivity index (χ4n) is 3.04. The number of hydrogen-bond acceptors (Lipinski definition) is 5. The van der Waals surface area contributed by atoms with Gasteiger partial charge in [-0.2, -0.15) is 5.26 Å². The molecule has 0 bridgehead atoms. The van der Waals surface area contributed by atoms with E-state index in [-0.39, 0.29) is 12.2 Å². The lowest BCUT2D eigenvalue weighted by Gasteiger charge is -2.22. The van der Waals surface area contributed by atoms with Gasteiger partial charge in [0.25, 0.3) is 5.56 Å². The van der Waals surface area contributed by atoms with Crippen molar-refractivity contribution in [1.82, 2.24) is 18.7 Å². The number of benzene rings is 1. The zero-order valence-corrected chi connectivity index (χ0v) is 15.8. The van der Waals surface area contributed by atoms with E-state index in [9.17, 15) is 9.59 Å². The number of rotatable bonds is 4. The Morgan fingerprint density at radius 2 is 1.85 bits per heavy atom. The first-order valence-electron chi connectivity index (χ1n) is 8.49. The van der Waals surface area contributed by atoms with E-state index in [0.29, 0.717) is 12.1 Å². The minimum Gasteiger partial charge on any atom is -0.497 e. The number of imidazole rings is 1. The van der Waals surface area contributed by atoms with Crippen LogP contribution in [0, 0.1) is 11.3 Å². The van der Waals surface area contributed by atoms with Gasteiger partial charge in [0, 0.05) is 12.1 Å². The van der Waals surface area contributed by atoms with Crippen LogP contribution in [0.3, 0.4) is 0 Å². The van der Waals surface area contributed by atoms with Crippen LogP contribution in [0.15, 0.2) is 40.2 Å². The van der Waals surface area contributed by atoms with E-state index < -0.39 is 16.8 Å². The van der Waals surface area contributed by atoms with Gasteiger partial charge >= 0.3 is 5.69 Å². The van der Waals surface area contributed by atoms with Gasteiger partial charge < -0.3 is 9.30 Å². The highest BCUT2D eigenvalue weighted by molar-refractivity contribution is 5.70. The van der Waals surface area contributed by atoms with E-state index in [4.69, 9.17) is 10.00 Å². The first-order chi connectivity index (χ1) is 12.8. The molecule has 0 aliphatic rings. The molecule has 1 aromatic carbocycles. The molecule has 0 amide bonds. The van der Waals surface area contributed by atoms with Gasteiger partial charge in [0.2, 0.25) is 0 Å². The number of hydrogen-bond donors (Lipinski definition) is 0. The van der Waals surface area contributed by atoms with Crippen molar-refractivity contribution in [2.24, 2.45) is 0 Å². The molecule has 0 fully saturated rings. The van der Waals surface area contributed by atoms with Crippen molar-refractivity contribution in [3.05, 3.63) is 57.0 Å². The molecular formula is C19H21N5O3. The van der Waals surface area contributed by atoms with Gasteiger partial charge in [-0.3, -0.25) is 13.9 Å². The Balaban J connectivity index is 2.24. The second kappa shape index (κ2) is 6.76. The molecule has 0 unspecified atom stereocenters. The van der Waals surface area contributed by atoms with E-state index in [1.165, 1.54) is 15.5 Å². The van der Waals surface area contributed by atoms with Crippen molar-refractivity contribution in [3.63, 3.8) is 0 Å². The average molecular weight is 367 g/mol. The summed E-state index contributed by atoms with van der Waals surface area (Å²) in [5.41, 5.74) is -0.195. The number of ether oxygens (including phenoxy) is 1. The number of methoxy groups -OCH3 is 1. The molecule has 0 aliphatic carbocycles. The molecule has 0 saturated heterocycles. The minimum absolute atomic E-state index is 0.175. The molecule has 0 saturated carbocycles. The summed E-state index contributed by atoms with van der Waals surface area (Å²) in [5, 5.41) is 9.11. The van der Waals surface area contributed by atoms with Crippen molar-refractivity contribution in [2.45, 2.75) is 39.4 Å². The van der Waals surface area contributed by atoms with Crippen LogP contribution in [-0.4, -0.2) is 25.8 Å². The van der Waals surface area contributed by atoms with Gasteiger partial charge in [-0.05, 0) is 38.5 Å². The molecule has 2 heterocycles. The lowest BCUT2D eigenvalue weighted by Crippen LogP contribution is -2.48. The largest absolute Gasteiger partial charge is 0.497 e. The molecule has 140 valence electrons. The lowest BCUT2D eigenvalue weighted by molar-refractivity contribution is 0.360. The quantitative estimate of drug-likeness (QED) is 0.699. The summed E-state index contributed by atoms with van der Waals surface area (Å²) >= 11 is 0. The maximum absolute atomic E-state index is 13.1. The fraction of sp³-hybridized carbons (Fsp3) is 0.368. The molecule has 3 rings (SSSR count). The topological polar surface area (TPSA) is 94.8 Å². The van der Waals surface area contributed by atoms with Gasteiger partial charge in [0.15, 0.2) is 11.2 Å². The molecule has 0 spiro atoms. The second-order valence-corrected chi connectivity index (χ2v) is 7.23. The summed E-state index contributed by atoms with van der Waals surface area (Å²) in [6, 6.07) is 9.45.